The summed E-state index contributed by atoms with van der Waals surface area (Å²) in [6.07, 6.45) is 5.31. The number of nitrogens with zero attached hydrogens (tertiary/aromatic N) is 2. The normalized spacial score (nSPS) is 17.1. The third kappa shape index (κ3) is 2.43. The van der Waals surface area contributed by atoms with Crippen molar-refractivity contribution in [2.45, 2.75) is 6.42 Å². The van der Waals surface area contributed by atoms with E-state index in [2.05, 4.69) is 4.74 Å². The Morgan fingerprint density at radius 2 is 1.92 bits per heavy atom. The van der Waals surface area contributed by atoms with Gasteiger partial charge >= 0.3 is 6.97 Å². The SMILES string of the molecule is O=COCCC1=[N+]2C(=Cc3ccc(-c4ccccc4)n3[B-]2(F)F)C=C1. The van der Waals surface area contributed by atoms with Gasteiger partial charge in [0.2, 0.25) is 0 Å². The van der Waals surface area contributed by atoms with Gasteiger partial charge < -0.3 is 22.3 Å². The van der Waals surface area contributed by atoms with E-state index in [-0.39, 0.29) is 13.0 Å². The van der Waals surface area contributed by atoms with Crippen LogP contribution in [0.2, 0.25) is 0 Å². The average Bonchev–Trinajstić information content (AvgIpc) is 3.22. The van der Waals surface area contributed by atoms with Crippen molar-refractivity contribution in [3.63, 3.8) is 0 Å². The molecule has 1 aromatic heterocycles. The molecular formula is C18H15BF2N2O2. The molecule has 126 valence electrons. The molecule has 0 spiro atoms. The quantitative estimate of drug-likeness (QED) is 0.475. The van der Waals surface area contributed by atoms with Crippen molar-refractivity contribution < 1.29 is 22.6 Å². The molecule has 0 saturated carbocycles. The molecule has 0 unspecified atom stereocenters. The third-order valence-electron chi connectivity index (χ3n) is 4.51. The summed E-state index contributed by atoms with van der Waals surface area (Å²) in [5.74, 6) is 0. The van der Waals surface area contributed by atoms with Gasteiger partial charge in [0.1, 0.15) is 12.3 Å². The van der Waals surface area contributed by atoms with Crippen LogP contribution in [0.15, 0.2) is 60.3 Å². The van der Waals surface area contributed by atoms with Crippen molar-refractivity contribution in [1.82, 2.24) is 4.48 Å². The second-order valence-corrected chi connectivity index (χ2v) is 5.95. The Morgan fingerprint density at radius 3 is 2.68 bits per heavy atom. The van der Waals surface area contributed by atoms with Crippen molar-refractivity contribution >= 4 is 25.2 Å². The molecule has 0 amide bonds. The maximum absolute atomic E-state index is 15.4. The number of carbonyl (C=O) groups excluding carboxylic acids is 1. The smallest absolute Gasteiger partial charge is 0.467 e. The fourth-order valence-electron chi connectivity index (χ4n) is 3.46. The lowest BCUT2D eigenvalue weighted by Gasteiger charge is -2.30. The van der Waals surface area contributed by atoms with Crippen molar-refractivity contribution in [3.05, 3.63) is 66.0 Å². The number of aromatic nitrogens is 1. The molecule has 3 heterocycles. The lowest BCUT2D eigenvalue weighted by Crippen LogP contribution is -2.50. The van der Waals surface area contributed by atoms with E-state index in [4.69, 9.17) is 0 Å². The Hall–Kier alpha value is -2.96. The van der Waals surface area contributed by atoms with Crippen LogP contribution < -0.4 is 0 Å². The van der Waals surface area contributed by atoms with Crippen LogP contribution in [-0.4, -0.2) is 34.7 Å². The average molecular weight is 340 g/mol. The molecule has 0 radical (unpaired) electrons. The molecule has 4 nitrogen and oxygen atoms in total. The molecule has 0 bridgehead atoms. The lowest BCUT2D eigenvalue weighted by atomic mass is 9.90. The number of benzene rings is 1. The van der Waals surface area contributed by atoms with Crippen molar-refractivity contribution in [2.24, 2.45) is 0 Å². The molecule has 7 heteroatoms. The molecule has 4 rings (SSSR count). The first-order valence-electron chi connectivity index (χ1n) is 8.02. The molecule has 25 heavy (non-hydrogen) atoms. The number of allylic oxidation sites excluding steroid dienone is 2. The van der Waals surface area contributed by atoms with E-state index >= 15 is 8.63 Å². The van der Waals surface area contributed by atoms with Gasteiger partial charge in [0.25, 0.3) is 6.47 Å². The van der Waals surface area contributed by atoms with Crippen LogP contribution in [0.3, 0.4) is 0 Å². The minimum absolute atomic E-state index is 0.0726. The topological polar surface area (TPSA) is 34.2 Å². The predicted molar refractivity (Wildman–Crippen MR) is 92.3 cm³/mol. The third-order valence-corrected chi connectivity index (χ3v) is 4.51. The van der Waals surface area contributed by atoms with Crippen LogP contribution in [-0.2, 0) is 9.53 Å². The van der Waals surface area contributed by atoms with Gasteiger partial charge in [-0.1, -0.05) is 30.3 Å². The Kier molecular flexibility index (Phi) is 3.64. The van der Waals surface area contributed by atoms with Crippen LogP contribution in [0.4, 0.5) is 8.63 Å². The zero-order valence-electron chi connectivity index (χ0n) is 13.3. The van der Waals surface area contributed by atoms with Gasteiger partial charge in [-0.2, -0.15) is 0 Å². The summed E-state index contributed by atoms with van der Waals surface area (Å²) in [4.78, 5) is 10.3. The first-order chi connectivity index (χ1) is 12.1. The summed E-state index contributed by atoms with van der Waals surface area (Å²) in [6.45, 7) is -3.64. The molecule has 2 aromatic rings. The van der Waals surface area contributed by atoms with Gasteiger partial charge in [-0.15, -0.1) is 0 Å². The Labute approximate surface area is 143 Å². The second-order valence-electron chi connectivity index (χ2n) is 5.95. The van der Waals surface area contributed by atoms with Gasteiger partial charge in [-0.05, 0) is 17.7 Å². The number of rotatable bonds is 5. The summed E-state index contributed by atoms with van der Waals surface area (Å²) in [5.41, 5.74) is 2.59. The molecule has 0 aliphatic carbocycles. The van der Waals surface area contributed by atoms with E-state index < -0.39 is 6.97 Å². The van der Waals surface area contributed by atoms with Crippen molar-refractivity contribution in [3.8, 4) is 11.3 Å². The predicted octanol–water partition coefficient (Wildman–Crippen LogP) is 3.32. The Balaban J connectivity index is 1.83. The van der Waals surface area contributed by atoms with Gasteiger partial charge in [0.15, 0.2) is 5.70 Å². The fourth-order valence-corrected chi connectivity index (χ4v) is 3.46. The molecular weight excluding hydrogens is 325 g/mol. The largest absolute Gasteiger partial charge is 0.737 e. The molecule has 2 aliphatic heterocycles. The zero-order chi connectivity index (χ0) is 17.4. The van der Waals surface area contributed by atoms with E-state index in [9.17, 15) is 4.79 Å². The first kappa shape index (κ1) is 15.6. The standard InChI is InChI=1S/C18H15BF2N2O2/c20-19(21)22-15(10-11-25-13-24)6-7-16(22)12-17-8-9-18(23(17)19)14-4-2-1-3-5-14/h1-9,12-13H,10-11H2. The molecule has 2 aliphatic rings. The van der Waals surface area contributed by atoms with E-state index in [0.29, 0.717) is 29.3 Å². The minimum atomic E-state index is -4.04. The highest BCUT2D eigenvalue weighted by atomic mass is 19.2. The number of hydrogen-bond acceptors (Lipinski definition) is 2. The Morgan fingerprint density at radius 1 is 1.12 bits per heavy atom. The number of hydrogen-bond donors (Lipinski definition) is 0. The van der Waals surface area contributed by atoms with E-state index in [1.807, 2.05) is 30.3 Å². The van der Waals surface area contributed by atoms with Gasteiger partial charge in [0, 0.05) is 29.6 Å². The number of halogens is 2. The van der Waals surface area contributed by atoms with Crippen LogP contribution in [0, 0.1) is 0 Å². The maximum Gasteiger partial charge on any atom is 0.737 e. The summed E-state index contributed by atoms with van der Waals surface area (Å²) in [7, 11) is 0. The molecule has 0 fully saturated rings. The summed E-state index contributed by atoms with van der Waals surface area (Å²) >= 11 is 0. The Bertz CT molecular complexity index is 930. The fraction of sp³-hybridized carbons (Fsp3) is 0.111. The van der Waals surface area contributed by atoms with E-state index in [1.165, 1.54) is 0 Å². The maximum atomic E-state index is 15.4. The molecule has 0 saturated heterocycles. The highest BCUT2D eigenvalue weighted by molar-refractivity contribution is 6.58. The van der Waals surface area contributed by atoms with E-state index in [0.717, 1.165) is 14.5 Å². The monoisotopic (exact) mass is 340 g/mol. The second kappa shape index (κ2) is 5.84. The van der Waals surface area contributed by atoms with Gasteiger partial charge in [-0.25, -0.2) is 0 Å². The zero-order valence-corrected chi connectivity index (χ0v) is 13.3. The highest BCUT2D eigenvalue weighted by Gasteiger charge is 2.52. The van der Waals surface area contributed by atoms with Gasteiger partial charge in [-0.3, -0.25) is 4.79 Å². The van der Waals surface area contributed by atoms with Gasteiger partial charge in [0.05, 0.1) is 6.42 Å². The lowest BCUT2D eigenvalue weighted by molar-refractivity contribution is -0.362. The van der Waals surface area contributed by atoms with E-state index in [1.54, 1.807) is 30.4 Å². The highest BCUT2D eigenvalue weighted by Crippen LogP contribution is 2.36. The first-order valence-corrected chi connectivity index (χ1v) is 8.02. The van der Waals surface area contributed by atoms with Crippen LogP contribution in [0.25, 0.3) is 17.3 Å². The summed E-state index contributed by atoms with van der Waals surface area (Å²) < 4.78 is 37.7. The van der Waals surface area contributed by atoms with Crippen LogP contribution >= 0.6 is 0 Å². The minimum Gasteiger partial charge on any atom is -0.467 e. The van der Waals surface area contributed by atoms with Crippen LogP contribution in [0.1, 0.15) is 12.1 Å². The number of fused-ring (bicyclic) bond motifs is 2. The van der Waals surface area contributed by atoms with Crippen molar-refractivity contribution in [2.75, 3.05) is 6.61 Å². The number of ether oxygens (including phenoxy) is 1. The molecule has 1 aromatic carbocycles. The molecule has 0 N–H and O–H groups in total. The van der Waals surface area contributed by atoms with Crippen LogP contribution in [0.5, 0.6) is 0 Å². The number of carbonyl (C=O) groups is 1. The van der Waals surface area contributed by atoms with Crippen molar-refractivity contribution in [1.29, 1.82) is 0 Å². The summed E-state index contributed by atoms with van der Waals surface area (Å²) in [5, 5.41) is 0. The molecule has 0 atom stereocenters. The summed E-state index contributed by atoms with van der Waals surface area (Å²) in [6, 6.07) is 12.6.